The lowest BCUT2D eigenvalue weighted by atomic mass is 9.94. The molecule has 2 aromatic heterocycles. The van der Waals surface area contributed by atoms with Crippen molar-refractivity contribution in [2.45, 2.75) is 0 Å². The molecular weight excluding hydrogens is 392 g/mol. The molecule has 0 unspecified atom stereocenters. The number of pyridine rings is 2. The Labute approximate surface area is 188 Å². The predicted octanol–water partition coefficient (Wildman–Crippen LogP) is 4.63. The molecule has 0 atom stereocenters. The van der Waals surface area contributed by atoms with E-state index in [0.29, 0.717) is 11.1 Å². The van der Waals surface area contributed by atoms with E-state index >= 15 is 0 Å². The second kappa shape index (κ2) is 9.08. The van der Waals surface area contributed by atoms with Crippen molar-refractivity contribution in [3.05, 3.63) is 109 Å². The van der Waals surface area contributed by atoms with Crippen LogP contribution in [0, 0.1) is 22.7 Å². The number of hydrogen-bond acceptors (Lipinski definition) is 2. The van der Waals surface area contributed by atoms with E-state index in [0.717, 1.165) is 33.4 Å². The Bertz CT molecular complexity index is 1240. The van der Waals surface area contributed by atoms with E-state index in [2.05, 4.69) is 12.1 Å². The van der Waals surface area contributed by atoms with E-state index in [1.165, 1.54) is 0 Å². The van der Waals surface area contributed by atoms with Gasteiger partial charge in [0.1, 0.15) is 26.2 Å². The summed E-state index contributed by atoms with van der Waals surface area (Å²) < 4.78 is 3.97. The third kappa shape index (κ3) is 4.31. The van der Waals surface area contributed by atoms with Crippen molar-refractivity contribution in [2.75, 3.05) is 0 Å². The lowest BCUT2D eigenvalue weighted by molar-refractivity contribution is -0.671. The molecule has 0 aliphatic rings. The Morgan fingerprint density at radius 1 is 0.500 bits per heavy atom. The third-order valence-electron chi connectivity index (χ3n) is 5.44. The average Bonchev–Trinajstić information content (AvgIpc) is 2.84. The maximum atomic E-state index is 9.85. The van der Waals surface area contributed by atoms with E-state index in [-0.39, 0.29) is 0 Å². The van der Waals surface area contributed by atoms with Crippen LogP contribution in [0.15, 0.2) is 97.6 Å². The van der Waals surface area contributed by atoms with Crippen LogP contribution in [0.5, 0.6) is 0 Å². The second-order valence-electron chi connectivity index (χ2n) is 7.63. The Balaban J connectivity index is 1.67. The van der Waals surface area contributed by atoms with E-state index in [4.69, 9.17) is 0 Å². The fourth-order valence-corrected chi connectivity index (χ4v) is 3.58. The molecule has 0 fully saturated rings. The Hall–Kier alpha value is -4.54. The highest BCUT2D eigenvalue weighted by molar-refractivity contribution is 6.03. The molecule has 2 heterocycles. The lowest BCUT2D eigenvalue weighted by Crippen LogP contribution is -2.25. The average molecular weight is 415 g/mol. The maximum Gasteiger partial charge on any atom is 0.169 e. The Morgan fingerprint density at radius 2 is 0.781 bits per heavy atom. The smallest absolute Gasteiger partial charge is 0.169 e. The highest BCUT2D eigenvalue weighted by Gasteiger charge is 2.12. The van der Waals surface area contributed by atoms with Gasteiger partial charge in [0.15, 0.2) is 24.8 Å². The molecule has 152 valence electrons. The number of benzene rings is 2. The lowest BCUT2D eigenvalue weighted by Gasteiger charge is -2.07. The van der Waals surface area contributed by atoms with Gasteiger partial charge >= 0.3 is 0 Å². The molecule has 2 aromatic carbocycles. The first-order chi connectivity index (χ1) is 15.6. The van der Waals surface area contributed by atoms with Gasteiger partial charge in [-0.2, -0.15) is 10.5 Å². The molecule has 0 saturated heterocycles. The molecule has 4 nitrogen and oxygen atoms in total. The molecule has 32 heavy (non-hydrogen) atoms. The van der Waals surface area contributed by atoms with Gasteiger partial charge in [0.2, 0.25) is 0 Å². The van der Waals surface area contributed by atoms with Crippen LogP contribution in [0.3, 0.4) is 0 Å². The largest absolute Gasteiger partial charge is 0.208 e. The maximum absolute atomic E-state index is 9.85. The summed E-state index contributed by atoms with van der Waals surface area (Å²) in [5, 5.41) is 19.7. The summed E-state index contributed by atoms with van der Waals surface area (Å²) in [7, 11) is 3.96. The number of allylic oxidation sites excluding steroid dienone is 2. The molecule has 4 aromatic rings. The van der Waals surface area contributed by atoms with Gasteiger partial charge in [-0.1, -0.05) is 48.5 Å². The van der Waals surface area contributed by atoms with E-state index in [9.17, 15) is 10.5 Å². The van der Waals surface area contributed by atoms with Gasteiger partial charge in [-0.15, -0.1) is 0 Å². The van der Waals surface area contributed by atoms with E-state index < -0.39 is 0 Å². The van der Waals surface area contributed by atoms with Gasteiger partial charge in [-0.05, 0) is 33.4 Å². The van der Waals surface area contributed by atoms with E-state index in [1.54, 1.807) is 0 Å². The number of aryl methyl sites for hydroxylation is 2. The van der Waals surface area contributed by atoms with Crippen molar-refractivity contribution in [3.8, 4) is 34.4 Å². The fraction of sp³-hybridized carbons (Fsp3) is 0.0714. The number of nitriles is 2. The third-order valence-corrected chi connectivity index (χ3v) is 5.44. The summed E-state index contributed by atoms with van der Waals surface area (Å²) in [4.78, 5) is 0. The molecule has 0 spiro atoms. The zero-order valence-electron chi connectivity index (χ0n) is 18.0. The SMILES string of the molecule is C[n+]1ccc(-c2ccc(/C(C#N)=C(\C#N)c3ccc(-c4cc[n+](C)cc4)cc3)cc2)cc1. The van der Waals surface area contributed by atoms with Crippen LogP contribution in [-0.2, 0) is 14.1 Å². The first kappa shape index (κ1) is 20.7. The van der Waals surface area contributed by atoms with Gasteiger partial charge < -0.3 is 0 Å². The standard InChI is InChI=1S/C28H22N4/c1-31-15-11-23(12-16-31)21-3-7-25(8-4-21)27(19-29)28(20-30)26-9-5-22(6-10-26)24-13-17-32(2)18-14-24/h3-18H,1-2H3/q+2/b28-27+. The molecular formula is C28H22N4+2. The number of nitrogens with zero attached hydrogens (tertiary/aromatic N) is 4. The predicted molar refractivity (Wildman–Crippen MR) is 124 cm³/mol. The summed E-state index contributed by atoms with van der Waals surface area (Å²) in [5.41, 5.74) is 6.53. The first-order valence-corrected chi connectivity index (χ1v) is 10.3. The zero-order chi connectivity index (χ0) is 22.5. The van der Waals surface area contributed by atoms with Crippen LogP contribution in [-0.4, -0.2) is 0 Å². The van der Waals surface area contributed by atoms with Crippen molar-refractivity contribution in [2.24, 2.45) is 14.1 Å². The Kier molecular flexibility index (Phi) is 5.88. The zero-order valence-corrected chi connectivity index (χ0v) is 18.0. The molecule has 0 aliphatic carbocycles. The van der Waals surface area contributed by atoms with Crippen molar-refractivity contribution in [1.82, 2.24) is 0 Å². The van der Waals surface area contributed by atoms with Crippen molar-refractivity contribution >= 4 is 11.1 Å². The molecule has 0 aliphatic heterocycles. The van der Waals surface area contributed by atoms with Crippen LogP contribution in [0.4, 0.5) is 0 Å². The summed E-state index contributed by atoms with van der Waals surface area (Å²) in [6.07, 6.45) is 7.99. The fourth-order valence-electron chi connectivity index (χ4n) is 3.58. The summed E-state index contributed by atoms with van der Waals surface area (Å²) in [6.45, 7) is 0. The van der Waals surface area contributed by atoms with Crippen LogP contribution < -0.4 is 9.13 Å². The van der Waals surface area contributed by atoms with Crippen LogP contribution in [0.2, 0.25) is 0 Å². The monoisotopic (exact) mass is 414 g/mol. The molecule has 4 heteroatoms. The number of aromatic nitrogens is 2. The highest BCUT2D eigenvalue weighted by atomic mass is 14.9. The minimum absolute atomic E-state index is 0.373. The topological polar surface area (TPSA) is 55.3 Å². The molecule has 4 rings (SSSR count). The summed E-state index contributed by atoms with van der Waals surface area (Å²) in [6, 6.07) is 28.2. The number of hydrogen-bond donors (Lipinski definition) is 0. The van der Waals surface area contributed by atoms with Gasteiger partial charge in [-0.25, -0.2) is 9.13 Å². The van der Waals surface area contributed by atoms with Gasteiger partial charge in [0.25, 0.3) is 0 Å². The van der Waals surface area contributed by atoms with Crippen molar-refractivity contribution in [1.29, 1.82) is 10.5 Å². The van der Waals surface area contributed by atoms with E-state index in [1.807, 2.05) is 121 Å². The van der Waals surface area contributed by atoms with Gasteiger partial charge in [0.05, 0.1) is 11.1 Å². The van der Waals surface area contributed by atoms with Gasteiger partial charge in [0, 0.05) is 24.3 Å². The molecule has 0 radical (unpaired) electrons. The molecule has 0 N–H and O–H groups in total. The second-order valence-corrected chi connectivity index (χ2v) is 7.63. The van der Waals surface area contributed by atoms with Crippen LogP contribution in [0.25, 0.3) is 33.4 Å². The van der Waals surface area contributed by atoms with Crippen molar-refractivity contribution in [3.63, 3.8) is 0 Å². The highest BCUT2D eigenvalue weighted by Crippen LogP contribution is 2.29. The quantitative estimate of drug-likeness (QED) is 0.278. The minimum Gasteiger partial charge on any atom is -0.208 e. The number of rotatable bonds is 4. The normalized spacial score (nSPS) is 11.2. The first-order valence-electron chi connectivity index (χ1n) is 10.3. The van der Waals surface area contributed by atoms with Crippen LogP contribution >= 0.6 is 0 Å². The molecule has 0 amide bonds. The van der Waals surface area contributed by atoms with Crippen LogP contribution in [0.1, 0.15) is 11.1 Å². The van der Waals surface area contributed by atoms with Gasteiger partial charge in [-0.3, -0.25) is 0 Å². The molecule has 0 bridgehead atoms. The minimum atomic E-state index is 0.373. The summed E-state index contributed by atoms with van der Waals surface area (Å²) in [5.74, 6) is 0. The molecule has 0 saturated carbocycles. The summed E-state index contributed by atoms with van der Waals surface area (Å²) >= 11 is 0. The van der Waals surface area contributed by atoms with Crippen molar-refractivity contribution < 1.29 is 9.13 Å². The Morgan fingerprint density at radius 3 is 1.06 bits per heavy atom.